The number of halogens is 2. The number of likely N-dealkylation sites (tertiary alicyclic amines) is 1. The van der Waals surface area contributed by atoms with E-state index < -0.39 is 0 Å². The van der Waals surface area contributed by atoms with Crippen molar-refractivity contribution in [2.45, 2.75) is 19.4 Å². The second kappa shape index (κ2) is 5.94. The van der Waals surface area contributed by atoms with Crippen LogP contribution in [0.25, 0.3) is 0 Å². The molecular weight excluding hydrogens is 285 g/mol. The van der Waals surface area contributed by atoms with Gasteiger partial charge in [-0.3, -0.25) is 4.90 Å². The number of aliphatic hydroxyl groups excluding tert-OH is 1. The lowest BCUT2D eigenvalue weighted by molar-refractivity contribution is 0.126. The smallest absolute Gasteiger partial charge is 0.128 e. The number of aliphatic hydroxyl groups is 1. The molecule has 1 heterocycles. The quantitative estimate of drug-likeness (QED) is 0.928. The molecular formula is C13H17BrFNO. The van der Waals surface area contributed by atoms with Crippen LogP contribution in [-0.4, -0.2) is 29.7 Å². The normalized spacial score (nSPS) is 18.5. The van der Waals surface area contributed by atoms with Gasteiger partial charge in [-0.05, 0) is 44.0 Å². The number of rotatable bonds is 3. The molecule has 2 rings (SSSR count). The number of nitrogens with zero attached hydrogens (tertiary/aromatic N) is 1. The van der Waals surface area contributed by atoms with Gasteiger partial charge in [0, 0.05) is 23.2 Å². The third-order valence-electron chi connectivity index (χ3n) is 3.37. The second-order valence-corrected chi connectivity index (χ2v) is 5.55. The summed E-state index contributed by atoms with van der Waals surface area (Å²) >= 11 is 3.26. The van der Waals surface area contributed by atoms with Crippen LogP contribution in [0.15, 0.2) is 22.7 Å². The summed E-state index contributed by atoms with van der Waals surface area (Å²) in [5.74, 6) is 0.282. The molecule has 2 nitrogen and oxygen atoms in total. The van der Waals surface area contributed by atoms with Crippen molar-refractivity contribution in [3.63, 3.8) is 0 Å². The van der Waals surface area contributed by atoms with Crippen LogP contribution in [0.5, 0.6) is 0 Å². The molecule has 1 fully saturated rings. The third kappa shape index (κ3) is 3.50. The summed E-state index contributed by atoms with van der Waals surface area (Å²) in [5, 5.41) is 9.06. The van der Waals surface area contributed by atoms with Gasteiger partial charge in [-0.25, -0.2) is 4.39 Å². The van der Waals surface area contributed by atoms with E-state index in [1.165, 1.54) is 6.07 Å². The number of hydrogen-bond acceptors (Lipinski definition) is 2. The highest BCUT2D eigenvalue weighted by atomic mass is 79.9. The molecule has 0 saturated carbocycles. The van der Waals surface area contributed by atoms with Gasteiger partial charge in [0.25, 0.3) is 0 Å². The van der Waals surface area contributed by atoms with Crippen LogP contribution < -0.4 is 0 Å². The van der Waals surface area contributed by atoms with E-state index in [-0.39, 0.29) is 12.4 Å². The SMILES string of the molecule is OCC1CCN(Cc2ccc(Br)cc2F)CC1. The third-order valence-corrected chi connectivity index (χ3v) is 3.87. The average molecular weight is 302 g/mol. The Bertz CT molecular complexity index is 378. The molecule has 0 unspecified atom stereocenters. The van der Waals surface area contributed by atoms with Gasteiger partial charge in [0.2, 0.25) is 0 Å². The Hall–Kier alpha value is -0.450. The topological polar surface area (TPSA) is 23.5 Å². The predicted molar refractivity (Wildman–Crippen MR) is 69.2 cm³/mol. The molecule has 1 aromatic carbocycles. The lowest BCUT2D eigenvalue weighted by Gasteiger charge is -2.31. The van der Waals surface area contributed by atoms with Gasteiger partial charge in [0.05, 0.1) is 0 Å². The zero-order valence-corrected chi connectivity index (χ0v) is 11.3. The van der Waals surface area contributed by atoms with Crippen molar-refractivity contribution in [3.05, 3.63) is 34.1 Å². The second-order valence-electron chi connectivity index (χ2n) is 4.64. The first-order valence-corrected chi connectivity index (χ1v) is 6.75. The Morgan fingerprint density at radius 3 is 2.65 bits per heavy atom. The van der Waals surface area contributed by atoms with Gasteiger partial charge >= 0.3 is 0 Å². The van der Waals surface area contributed by atoms with Crippen molar-refractivity contribution < 1.29 is 9.50 Å². The summed E-state index contributed by atoms with van der Waals surface area (Å²) in [6.45, 7) is 2.83. The van der Waals surface area contributed by atoms with Crippen LogP contribution in [0.1, 0.15) is 18.4 Å². The zero-order valence-electron chi connectivity index (χ0n) is 9.70. The molecule has 0 amide bonds. The molecule has 1 saturated heterocycles. The van der Waals surface area contributed by atoms with Crippen LogP contribution in [0.2, 0.25) is 0 Å². The van der Waals surface area contributed by atoms with Gasteiger partial charge in [0.1, 0.15) is 5.82 Å². The summed E-state index contributed by atoms with van der Waals surface area (Å²) in [4.78, 5) is 2.25. The standard InChI is InChI=1S/C13H17BrFNO/c14-12-2-1-11(13(15)7-12)8-16-5-3-10(9-17)4-6-16/h1-2,7,10,17H,3-6,8-9H2. The van der Waals surface area contributed by atoms with Crippen molar-refractivity contribution in [1.29, 1.82) is 0 Å². The van der Waals surface area contributed by atoms with E-state index in [0.717, 1.165) is 36.0 Å². The van der Waals surface area contributed by atoms with E-state index in [1.807, 2.05) is 12.1 Å². The monoisotopic (exact) mass is 301 g/mol. The molecule has 0 spiro atoms. The highest BCUT2D eigenvalue weighted by Crippen LogP contribution is 2.21. The summed E-state index contributed by atoms with van der Waals surface area (Å²) in [6, 6.07) is 5.21. The fourth-order valence-corrected chi connectivity index (χ4v) is 2.55. The van der Waals surface area contributed by atoms with Gasteiger partial charge in [0.15, 0.2) is 0 Å². The van der Waals surface area contributed by atoms with E-state index in [2.05, 4.69) is 20.8 Å². The number of hydrogen-bond donors (Lipinski definition) is 1. The number of benzene rings is 1. The summed E-state index contributed by atoms with van der Waals surface area (Å²) in [6.07, 6.45) is 2.02. The molecule has 1 aliphatic rings. The fourth-order valence-electron chi connectivity index (χ4n) is 2.22. The van der Waals surface area contributed by atoms with Crippen LogP contribution >= 0.6 is 15.9 Å². The Morgan fingerprint density at radius 2 is 2.06 bits per heavy atom. The lowest BCUT2D eigenvalue weighted by Crippen LogP contribution is -2.34. The first-order chi connectivity index (χ1) is 8.19. The van der Waals surface area contributed by atoms with E-state index in [4.69, 9.17) is 5.11 Å². The maximum Gasteiger partial charge on any atom is 0.128 e. The van der Waals surface area contributed by atoms with Gasteiger partial charge in [-0.1, -0.05) is 22.0 Å². The molecule has 0 atom stereocenters. The fraction of sp³-hybridized carbons (Fsp3) is 0.538. The summed E-state index contributed by atoms with van der Waals surface area (Å²) < 4.78 is 14.4. The van der Waals surface area contributed by atoms with Crippen LogP contribution in [0.4, 0.5) is 4.39 Å². The van der Waals surface area contributed by atoms with E-state index >= 15 is 0 Å². The van der Waals surface area contributed by atoms with Crippen molar-refractivity contribution >= 4 is 15.9 Å². The molecule has 17 heavy (non-hydrogen) atoms. The van der Waals surface area contributed by atoms with Crippen LogP contribution in [0, 0.1) is 11.7 Å². The minimum absolute atomic E-state index is 0.149. The van der Waals surface area contributed by atoms with Gasteiger partial charge < -0.3 is 5.11 Å². The first-order valence-electron chi connectivity index (χ1n) is 5.96. The largest absolute Gasteiger partial charge is 0.396 e. The predicted octanol–water partition coefficient (Wildman–Crippen LogP) is 2.79. The molecule has 1 N–H and O–H groups in total. The molecule has 0 radical (unpaired) electrons. The Labute approximate surface area is 110 Å². The Morgan fingerprint density at radius 1 is 1.35 bits per heavy atom. The molecule has 94 valence electrons. The minimum atomic E-state index is -0.149. The van der Waals surface area contributed by atoms with Gasteiger partial charge in [-0.15, -0.1) is 0 Å². The maximum absolute atomic E-state index is 13.7. The van der Waals surface area contributed by atoms with E-state index in [9.17, 15) is 4.39 Å². The van der Waals surface area contributed by atoms with E-state index in [0.29, 0.717) is 12.5 Å². The molecule has 0 aromatic heterocycles. The average Bonchev–Trinajstić information content (AvgIpc) is 2.34. The summed E-state index contributed by atoms with van der Waals surface area (Å²) in [7, 11) is 0. The molecule has 0 aliphatic carbocycles. The highest BCUT2D eigenvalue weighted by molar-refractivity contribution is 9.10. The minimum Gasteiger partial charge on any atom is -0.396 e. The maximum atomic E-state index is 13.7. The molecule has 1 aromatic rings. The van der Waals surface area contributed by atoms with Crippen molar-refractivity contribution in [2.24, 2.45) is 5.92 Å². The molecule has 0 bridgehead atoms. The Balaban J connectivity index is 1.93. The molecule has 1 aliphatic heterocycles. The molecule has 4 heteroatoms. The zero-order chi connectivity index (χ0) is 12.3. The first kappa shape index (κ1) is 13.0. The van der Waals surface area contributed by atoms with Crippen molar-refractivity contribution in [3.8, 4) is 0 Å². The van der Waals surface area contributed by atoms with Crippen LogP contribution in [-0.2, 0) is 6.54 Å². The summed E-state index contributed by atoms with van der Waals surface area (Å²) in [5.41, 5.74) is 0.746. The lowest BCUT2D eigenvalue weighted by atomic mass is 9.97. The Kier molecular flexibility index (Phi) is 4.54. The van der Waals surface area contributed by atoms with Gasteiger partial charge in [-0.2, -0.15) is 0 Å². The van der Waals surface area contributed by atoms with Crippen molar-refractivity contribution in [1.82, 2.24) is 4.90 Å². The van der Waals surface area contributed by atoms with Crippen LogP contribution in [0.3, 0.4) is 0 Å². The van der Waals surface area contributed by atoms with Crippen molar-refractivity contribution in [2.75, 3.05) is 19.7 Å². The number of piperidine rings is 1. The van der Waals surface area contributed by atoms with E-state index in [1.54, 1.807) is 0 Å². The highest BCUT2D eigenvalue weighted by Gasteiger charge is 2.19.